The van der Waals surface area contributed by atoms with Crippen LogP contribution >= 0.6 is 12.4 Å². The Morgan fingerprint density at radius 2 is 1.38 bits per heavy atom. The third-order valence-electron chi connectivity index (χ3n) is 2.37. The Hall–Kier alpha value is -1.47. The molecule has 0 saturated carbocycles. The molecule has 0 heterocycles. The van der Waals surface area contributed by atoms with Crippen molar-refractivity contribution in [1.82, 2.24) is 0 Å². The van der Waals surface area contributed by atoms with Gasteiger partial charge in [0.15, 0.2) is 0 Å². The minimum absolute atomic E-state index is 0. The van der Waals surface area contributed by atoms with Gasteiger partial charge < -0.3 is 5.32 Å². The van der Waals surface area contributed by atoms with Gasteiger partial charge in [-0.05, 0) is 30.2 Å². The Morgan fingerprint density at radius 3 is 1.94 bits per heavy atom. The van der Waals surface area contributed by atoms with Crippen molar-refractivity contribution < 1.29 is 0 Å². The van der Waals surface area contributed by atoms with Crippen molar-refractivity contribution in [3.05, 3.63) is 54.6 Å². The van der Waals surface area contributed by atoms with E-state index in [1.54, 1.807) is 0 Å². The molecule has 0 spiro atoms. The minimum atomic E-state index is 0. The summed E-state index contributed by atoms with van der Waals surface area (Å²) < 4.78 is 0. The molecule has 0 saturated heterocycles. The fourth-order valence-corrected chi connectivity index (χ4v) is 1.62. The zero-order valence-electron chi connectivity index (χ0n) is 9.31. The van der Waals surface area contributed by atoms with Crippen LogP contribution in [0.1, 0.15) is 6.92 Å². The molecule has 2 heteroatoms. The topological polar surface area (TPSA) is 12.0 Å². The van der Waals surface area contributed by atoms with Gasteiger partial charge in [-0.15, -0.1) is 12.4 Å². The van der Waals surface area contributed by atoms with E-state index in [4.69, 9.17) is 0 Å². The average molecular weight is 234 g/mol. The quantitative estimate of drug-likeness (QED) is 0.838. The first-order valence-corrected chi connectivity index (χ1v) is 5.29. The molecule has 84 valence electrons. The molecule has 0 radical (unpaired) electrons. The summed E-state index contributed by atoms with van der Waals surface area (Å²) in [5.41, 5.74) is 3.70. The number of benzene rings is 2. The van der Waals surface area contributed by atoms with Crippen molar-refractivity contribution >= 4 is 18.1 Å². The summed E-state index contributed by atoms with van der Waals surface area (Å²) in [5, 5.41) is 3.29. The maximum atomic E-state index is 3.29. The zero-order chi connectivity index (χ0) is 10.5. The van der Waals surface area contributed by atoms with Gasteiger partial charge in [-0.2, -0.15) is 0 Å². The standard InChI is InChI=1S/C14H15N.ClH/c1-2-15-14-10-8-13(9-11-14)12-6-4-3-5-7-12;/h3-11,15H,2H2,1H3;1H. The van der Waals surface area contributed by atoms with Crippen LogP contribution in [0.5, 0.6) is 0 Å². The maximum Gasteiger partial charge on any atom is 0.0340 e. The molecular formula is C14H16ClN. The van der Waals surface area contributed by atoms with E-state index in [1.165, 1.54) is 16.8 Å². The molecule has 16 heavy (non-hydrogen) atoms. The Morgan fingerprint density at radius 1 is 0.812 bits per heavy atom. The van der Waals surface area contributed by atoms with E-state index in [1.807, 2.05) is 6.07 Å². The fourth-order valence-electron chi connectivity index (χ4n) is 1.62. The molecule has 0 bridgehead atoms. The van der Waals surface area contributed by atoms with E-state index in [0.29, 0.717) is 0 Å². The number of rotatable bonds is 3. The minimum Gasteiger partial charge on any atom is -0.385 e. The van der Waals surface area contributed by atoms with Gasteiger partial charge in [-0.3, -0.25) is 0 Å². The third kappa shape index (κ3) is 3.01. The second kappa shape index (κ2) is 6.19. The van der Waals surface area contributed by atoms with Crippen molar-refractivity contribution in [2.24, 2.45) is 0 Å². The van der Waals surface area contributed by atoms with Crippen LogP contribution in [0, 0.1) is 0 Å². The summed E-state index contributed by atoms with van der Waals surface area (Å²) in [7, 11) is 0. The van der Waals surface area contributed by atoms with Gasteiger partial charge in [0, 0.05) is 12.2 Å². The van der Waals surface area contributed by atoms with E-state index < -0.39 is 0 Å². The number of nitrogens with one attached hydrogen (secondary N) is 1. The molecule has 0 aromatic heterocycles. The Kier molecular flexibility index (Phi) is 4.87. The van der Waals surface area contributed by atoms with E-state index in [-0.39, 0.29) is 12.4 Å². The molecule has 0 fully saturated rings. The predicted molar refractivity (Wildman–Crippen MR) is 73.3 cm³/mol. The largest absolute Gasteiger partial charge is 0.385 e. The molecule has 2 rings (SSSR count). The highest BCUT2D eigenvalue weighted by atomic mass is 35.5. The molecule has 1 nitrogen and oxygen atoms in total. The van der Waals surface area contributed by atoms with Gasteiger partial charge in [-0.1, -0.05) is 42.5 Å². The lowest BCUT2D eigenvalue weighted by molar-refractivity contribution is 1.21. The Balaban J connectivity index is 0.00000128. The van der Waals surface area contributed by atoms with E-state index in [9.17, 15) is 0 Å². The molecule has 0 aliphatic carbocycles. The van der Waals surface area contributed by atoms with Crippen LogP contribution in [0.4, 0.5) is 5.69 Å². The van der Waals surface area contributed by atoms with Crippen molar-refractivity contribution in [2.45, 2.75) is 6.92 Å². The SMILES string of the molecule is CCNc1ccc(-c2ccccc2)cc1.Cl. The molecular weight excluding hydrogens is 218 g/mol. The lowest BCUT2D eigenvalue weighted by Gasteiger charge is -2.05. The molecule has 0 aliphatic rings. The highest BCUT2D eigenvalue weighted by Gasteiger charge is 1.95. The molecule has 0 aliphatic heterocycles. The monoisotopic (exact) mass is 233 g/mol. The first kappa shape index (κ1) is 12.6. The number of hydrogen-bond donors (Lipinski definition) is 1. The molecule has 0 unspecified atom stereocenters. The third-order valence-corrected chi connectivity index (χ3v) is 2.37. The van der Waals surface area contributed by atoms with Crippen molar-refractivity contribution in [1.29, 1.82) is 0 Å². The molecule has 0 amide bonds. The lowest BCUT2D eigenvalue weighted by Crippen LogP contribution is -1.95. The summed E-state index contributed by atoms with van der Waals surface area (Å²) >= 11 is 0. The van der Waals surface area contributed by atoms with E-state index >= 15 is 0 Å². The van der Waals surface area contributed by atoms with Crippen LogP contribution in [-0.4, -0.2) is 6.54 Å². The van der Waals surface area contributed by atoms with Crippen LogP contribution < -0.4 is 5.32 Å². The summed E-state index contributed by atoms with van der Waals surface area (Å²) in [6.07, 6.45) is 0. The summed E-state index contributed by atoms with van der Waals surface area (Å²) in [6.45, 7) is 3.07. The van der Waals surface area contributed by atoms with Crippen molar-refractivity contribution in [3.8, 4) is 11.1 Å². The van der Waals surface area contributed by atoms with Crippen LogP contribution in [0.25, 0.3) is 11.1 Å². The van der Waals surface area contributed by atoms with E-state index in [0.717, 1.165) is 6.54 Å². The van der Waals surface area contributed by atoms with E-state index in [2.05, 4.69) is 60.8 Å². The first-order chi connectivity index (χ1) is 7.40. The first-order valence-electron chi connectivity index (χ1n) is 5.29. The van der Waals surface area contributed by atoms with Crippen LogP contribution in [0.15, 0.2) is 54.6 Å². The van der Waals surface area contributed by atoms with Gasteiger partial charge in [-0.25, -0.2) is 0 Å². The number of hydrogen-bond acceptors (Lipinski definition) is 1. The lowest BCUT2D eigenvalue weighted by atomic mass is 10.1. The molecule has 2 aromatic carbocycles. The Labute approximate surface area is 103 Å². The Bertz CT molecular complexity index is 409. The van der Waals surface area contributed by atoms with Crippen LogP contribution in [0.3, 0.4) is 0 Å². The van der Waals surface area contributed by atoms with Crippen molar-refractivity contribution in [2.75, 3.05) is 11.9 Å². The van der Waals surface area contributed by atoms with Gasteiger partial charge in [0.25, 0.3) is 0 Å². The highest BCUT2D eigenvalue weighted by Crippen LogP contribution is 2.20. The molecule has 1 N–H and O–H groups in total. The average Bonchev–Trinajstić information content (AvgIpc) is 2.32. The molecule has 2 aromatic rings. The summed E-state index contributed by atoms with van der Waals surface area (Å²) in [4.78, 5) is 0. The van der Waals surface area contributed by atoms with Crippen LogP contribution in [0.2, 0.25) is 0 Å². The maximum absolute atomic E-state index is 3.29. The summed E-state index contributed by atoms with van der Waals surface area (Å²) in [6, 6.07) is 18.9. The highest BCUT2D eigenvalue weighted by molar-refractivity contribution is 5.85. The van der Waals surface area contributed by atoms with Gasteiger partial charge in [0.2, 0.25) is 0 Å². The van der Waals surface area contributed by atoms with Gasteiger partial charge in [0.05, 0.1) is 0 Å². The van der Waals surface area contributed by atoms with Gasteiger partial charge >= 0.3 is 0 Å². The smallest absolute Gasteiger partial charge is 0.0340 e. The predicted octanol–water partition coefficient (Wildman–Crippen LogP) is 4.21. The second-order valence-corrected chi connectivity index (χ2v) is 3.47. The molecule has 0 atom stereocenters. The summed E-state index contributed by atoms with van der Waals surface area (Å²) in [5.74, 6) is 0. The fraction of sp³-hybridized carbons (Fsp3) is 0.143. The van der Waals surface area contributed by atoms with Crippen LogP contribution in [-0.2, 0) is 0 Å². The zero-order valence-corrected chi connectivity index (χ0v) is 10.1. The normalized spacial score (nSPS) is 9.31. The van der Waals surface area contributed by atoms with Crippen molar-refractivity contribution in [3.63, 3.8) is 0 Å². The van der Waals surface area contributed by atoms with Gasteiger partial charge in [0.1, 0.15) is 0 Å². The number of halogens is 1. The number of anilines is 1. The second-order valence-electron chi connectivity index (χ2n) is 3.47.